The summed E-state index contributed by atoms with van der Waals surface area (Å²) in [6.45, 7) is 6.25. The van der Waals surface area contributed by atoms with E-state index in [0.717, 1.165) is 0 Å². The zero-order valence-electron chi connectivity index (χ0n) is 5.50. The van der Waals surface area contributed by atoms with Gasteiger partial charge >= 0.3 is 18.9 Å². The van der Waals surface area contributed by atoms with Gasteiger partial charge in [-0.25, -0.2) is 0 Å². The first kappa shape index (κ1) is 15.6. The van der Waals surface area contributed by atoms with Gasteiger partial charge in [-0.15, -0.1) is 0 Å². The largest absolute Gasteiger partial charge is 1.00 e. The van der Waals surface area contributed by atoms with Crippen molar-refractivity contribution in [3.8, 4) is 0 Å². The maximum Gasteiger partial charge on any atom is 1.00 e. The summed E-state index contributed by atoms with van der Waals surface area (Å²) in [6.07, 6.45) is 0. The summed E-state index contributed by atoms with van der Waals surface area (Å²) in [5.41, 5.74) is 0. The molecule has 1 radical (unpaired) electrons. The first-order valence-electron chi connectivity index (χ1n) is 1.50. The standard InChI is InChI=1S/C4H9.Li.Na/c1-4(2)3;;/h1-3H3;;/q-1;+1;. The van der Waals surface area contributed by atoms with Crippen LogP contribution in [0, 0.1) is 5.92 Å². The predicted molar refractivity (Wildman–Crippen MR) is 26.0 cm³/mol. The van der Waals surface area contributed by atoms with Gasteiger partial charge in [0.25, 0.3) is 0 Å². The third-order valence-electron chi connectivity index (χ3n) is 0. The molecule has 27 valence electrons. The minimum absolute atomic E-state index is 0. The third kappa shape index (κ3) is 46.4. The first-order valence-corrected chi connectivity index (χ1v) is 1.50. The van der Waals surface area contributed by atoms with Gasteiger partial charge < -0.3 is 5.92 Å². The predicted octanol–water partition coefficient (Wildman–Crippen LogP) is -1.76. The van der Waals surface area contributed by atoms with Crippen LogP contribution in [-0.4, -0.2) is 29.6 Å². The normalized spacial score (nSPS) is 6.00. The Bertz CT molecular complexity index is 12.3. The summed E-state index contributed by atoms with van der Waals surface area (Å²) < 4.78 is 0. The Balaban J connectivity index is -0.0000000450. The topological polar surface area (TPSA) is 0 Å². The molecule has 2 heteroatoms. The molecular weight excluding hydrogens is 78.0 g/mol. The Kier molecular flexibility index (Phi) is 25.5. The van der Waals surface area contributed by atoms with Gasteiger partial charge in [0.15, 0.2) is 0 Å². The molecule has 0 aromatic heterocycles. The van der Waals surface area contributed by atoms with E-state index < -0.39 is 0 Å². The fraction of sp³-hybridized carbons (Fsp3) is 0.750. The molecule has 0 nitrogen and oxygen atoms in total. The van der Waals surface area contributed by atoms with E-state index in [1.54, 1.807) is 0 Å². The summed E-state index contributed by atoms with van der Waals surface area (Å²) in [7, 11) is 0. The van der Waals surface area contributed by atoms with E-state index in [2.05, 4.69) is 20.8 Å². The van der Waals surface area contributed by atoms with Crippen molar-refractivity contribution in [1.82, 2.24) is 0 Å². The molecule has 0 heterocycles. The van der Waals surface area contributed by atoms with E-state index in [0.29, 0.717) is 0 Å². The van der Waals surface area contributed by atoms with Crippen LogP contribution in [0.3, 0.4) is 0 Å². The number of hydrogen-bond donors (Lipinski definition) is 0. The molecule has 0 saturated carbocycles. The molecule has 0 aromatic rings. The smallest absolute Gasteiger partial charge is 0.323 e. The van der Waals surface area contributed by atoms with Crippen LogP contribution in [0.5, 0.6) is 0 Å². The molecule has 0 saturated heterocycles. The van der Waals surface area contributed by atoms with Gasteiger partial charge in [0.1, 0.15) is 0 Å². The summed E-state index contributed by atoms with van der Waals surface area (Å²) >= 11 is 0. The van der Waals surface area contributed by atoms with Crippen molar-refractivity contribution in [1.29, 1.82) is 0 Å². The Morgan fingerprint density at radius 2 is 1.00 bits per heavy atom. The van der Waals surface area contributed by atoms with E-state index in [1.807, 2.05) is 0 Å². The van der Waals surface area contributed by atoms with Crippen LogP contribution in [0.1, 0.15) is 20.8 Å². The van der Waals surface area contributed by atoms with Gasteiger partial charge in [-0.1, -0.05) is 0 Å². The van der Waals surface area contributed by atoms with Crippen LogP contribution >= 0.6 is 0 Å². The zero-order chi connectivity index (χ0) is 3.58. The fourth-order valence-corrected chi connectivity index (χ4v) is 0. The average molecular weight is 87.0 g/mol. The van der Waals surface area contributed by atoms with E-state index in [9.17, 15) is 0 Å². The molecule has 0 spiro atoms. The molecule has 0 bridgehead atoms. The van der Waals surface area contributed by atoms with Gasteiger partial charge in [0.05, 0.1) is 0 Å². The van der Waals surface area contributed by atoms with Crippen molar-refractivity contribution >= 4 is 29.6 Å². The Morgan fingerprint density at radius 1 is 1.00 bits per heavy atom. The number of hydrogen-bond acceptors (Lipinski definition) is 0. The van der Waals surface area contributed by atoms with Crippen LogP contribution in [0.25, 0.3) is 0 Å². The molecule has 0 aliphatic heterocycles. The van der Waals surface area contributed by atoms with Crippen molar-refractivity contribution in [2.24, 2.45) is 0 Å². The maximum absolute atomic E-state index is 2.08. The summed E-state index contributed by atoms with van der Waals surface area (Å²) in [5.74, 6) is 1.42. The second kappa shape index (κ2) is 9.78. The van der Waals surface area contributed by atoms with Gasteiger partial charge in [0, 0.05) is 29.6 Å². The Morgan fingerprint density at radius 3 is 1.00 bits per heavy atom. The fourth-order valence-electron chi connectivity index (χ4n) is 0. The van der Waals surface area contributed by atoms with Gasteiger partial charge in [0.2, 0.25) is 0 Å². The molecule has 0 rings (SSSR count). The summed E-state index contributed by atoms with van der Waals surface area (Å²) in [5, 5.41) is 0. The van der Waals surface area contributed by atoms with Gasteiger partial charge in [-0.2, -0.15) is 20.8 Å². The van der Waals surface area contributed by atoms with Gasteiger partial charge in [-0.3, -0.25) is 0 Å². The van der Waals surface area contributed by atoms with Crippen molar-refractivity contribution in [3.63, 3.8) is 0 Å². The molecule has 0 fully saturated rings. The Labute approximate surface area is 74.5 Å². The number of rotatable bonds is 0. The third-order valence-corrected chi connectivity index (χ3v) is 0. The van der Waals surface area contributed by atoms with Crippen LogP contribution in [0.2, 0.25) is 0 Å². The first-order chi connectivity index (χ1) is 1.73. The van der Waals surface area contributed by atoms with E-state index >= 15 is 0 Å². The second-order valence-corrected chi connectivity index (χ2v) is 1.50. The molecular formula is C4H9LiNa. The van der Waals surface area contributed by atoms with E-state index in [1.165, 1.54) is 5.92 Å². The maximum atomic E-state index is 2.08. The SMILES string of the molecule is C[C-](C)C.[Li+].[Na]. The van der Waals surface area contributed by atoms with Gasteiger partial charge in [-0.05, 0) is 0 Å². The Hall–Kier alpha value is 1.60. The molecule has 6 heavy (non-hydrogen) atoms. The quantitative estimate of drug-likeness (QED) is 0.242. The van der Waals surface area contributed by atoms with Crippen molar-refractivity contribution < 1.29 is 18.9 Å². The van der Waals surface area contributed by atoms with Crippen LogP contribution in [-0.2, 0) is 0 Å². The average Bonchev–Trinajstić information content (AvgIpc) is 0.811. The molecule has 0 aliphatic carbocycles. The van der Waals surface area contributed by atoms with Crippen molar-refractivity contribution in [2.75, 3.05) is 0 Å². The molecule has 0 amide bonds. The summed E-state index contributed by atoms with van der Waals surface area (Å²) in [4.78, 5) is 0. The molecule has 0 atom stereocenters. The molecule has 0 N–H and O–H groups in total. The van der Waals surface area contributed by atoms with E-state index in [-0.39, 0.29) is 48.4 Å². The van der Waals surface area contributed by atoms with Crippen LogP contribution in [0.15, 0.2) is 0 Å². The monoisotopic (exact) mass is 87.1 g/mol. The van der Waals surface area contributed by atoms with Crippen LogP contribution in [0.4, 0.5) is 0 Å². The van der Waals surface area contributed by atoms with E-state index in [4.69, 9.17) is 0 Å². The minimum Gasteiger partial charge on any atom is -0.323 e. The van der Waals surface area contributed by atoms with Crippen LogP contribution < -0.4 is 18.9 Å². The second-order valence-electron chi connectivity index (χ2n) is 1.50. The zero-order valence-corrected chi connectivity index (χ0v) is 7.50. The minimum atomic E-state index is 0. The molecule has 0 aliphatic rings. The van der Waals surface area contributed by atoms with Crippen molar-refractivity contribution in [2.45, 2.75) is 20.8 Å². The molecule has 0 unspecified atom stereocenters. The summed E-state index contributed by atoms with van der Waals surface area (Å²) in [6, 6.07) is 0. The van der Waals surface area contributed by atoms with Crippen molar-refractivity contribution in [3.05, 3.63) is 5.92 Å². The molecule has 0 aromatic carbocycles.